The molecule has 14 heavy (non-hydrogen) atoms. The largest absolute Gasteiger partial charge is 0.380 e. The molecule has 0 aromatic carbocycles. The van der Waals surface area contributed by atoms with Gasteiger partial charge in [0.1, 0.15) is 0 Å². The van der Waals surface area contributed by atoms with E-state index in [-0.39, 0.29) is 0 Å². The van der Waals surface area contributed by atoms with Gasteiger partial charge < -0.3 is 5.32 Å². The summed E-state index contributed by atoms with van der Waals surface area (Å²) in [6.07, 6.45) is 4.14. The standard InChI is InChI=1S/C10H14ClN3/c1-3-10(2)5-8(10)13-7-4-9(11)14-12-6-7/h4,6,8H,3,5H2,1-2H3,(H,13,14). The van der Waals surface area contributed by atoms with Crippen molar-refractivity contribution in [3.63, 3.8) is 0 Å². The summed E-state index contributed by atoms with van der Waals surface area (Å²) >= 11 is 5.74. The molecule has 2 rings (SSSR count). The highest BCUT2D eigenvalue weighted by molar-refractivity contribution is 6.29. The zero-order chi connectivity index (χ0) is 10.2. The van der Waals surface area contributed by atoms with Crippen LogP contribution in [0, 0.1) is 5.41 Å². The minimum absolute atomic E-state index is 0.439. The predicted molar refractivity (Wildman–Crippen MR) is 57.5 cm³/mol. The lowest BCUT2D eigenvalue weighted by molar-refractivity contribution is 0.535. The summed E-state index contributed by atoms with van der Waals surface area (Å²) in [7, 11) is 0. The van der Waals surface area contributed by atoms with Crippen LogP contribution in [0.4, 0.5) is 5.69 Å². The van der Waals surface area contributed by atoms with Crippen molar-refractivity contribution >= 4 is 17.3 Å². The molecule has 1 aliphatic rings. The highest BCUT2D eigenvalue weighted by Crippen LogP contribution is 2.49. The smallest absolute Gasteiger partial charge is 0.153 e. The van der Waals surface area contributed by atoms with E-state index in [0.717, 1.165) is 5.69 Å². The molecule has 2 unspecified atom stereocenters. The first kappa shape index (κ1) is 9.71. The molecule has 0 spiro atoms. The lowest BCUT2D eigenvalue weighted by Crippen LogP contribution is -2.10. The van der Waals surface area contributed by atoms with E-state index in [4.69, 9.17) is 11.6 Å². The molecule has 0 radical (unpaired) electrons. The fourth-order valence-corrected chi connectivity index (χ4v) is 1.81. The van der Waals surface area contributed by atoms with Gasteiger partial charge >= 0.3 is 0 Å². The summed E-state index contributed by atoms with van der Waals surface area (Å²) in [4.78, 5) is 0. The quantitative estimate of drug-likeness (QED) is 0.836. The van der Waals surface area contributed by atoms with Crippen LogP contribution in [0.1, 0.15) is 26.7 Å². The van der Waals surface area contributed by atoms with Gasteiger partial charge in [-0.1, -0.05) is 25.4 Å². The van der Waals surface area contributed by atoms with Crippen LogP contribution in [0.25, 0.3) is 0 Å². The first-order chi connectivity index (χ1) is 6.64. The van der Waals surface area contributed by atoms with E-state index in [9.17, 15) is 0 Å². The molecule has 1 heterocycles. The maximum Gasteiger partial charge on any atom is 0.153 e. The van der Waals surface area contributed by atoms with Gasteiger partial charge in [0.25, 0.3) is 0 Å². The topological polar surface area (TPSA) is 37.8 Å². The minimum Gasteiger partial charge on any atom is -0.380 e. The molecular weight excluding hydrogens is 198 g/mol. The van der Waals surface area contributed by atoms with Crippen molar-refractivity contribution in [1.82, 2.24) is 10.2 Å². The Balaban J connectivity index is 2.00. The Morgan fingerprint density at radius 1 is 1.71 bits per heavy atom. The molecule has 1 N–H and O–H groups in total. The van der Waals surface area contributed by atoms with Crippen LogP contribution < -0.4 is 5.32 Å². The fourth-order valence-electron chi connectivity index (χ4n) is 1.64. The lowest BCUT2D eigenvalue weighted by atomic mass is 10.1. The van der Waals surface area contributed by atoms with Crippen LogP contribution in [-0.2, 0) is 0 Å². The molecule has 1 aromatic rings. The molecule has 2 atom stereocenters. The van der Waals surface area contributed by atoms with E-state index in [1.165, 1.54) is 12.8 Å². The van der Waals surface area contributed by atoms with Gasteiger partial charge in [0, 0.05) is 12.1 Å². The van der Waals surface area contributed by atoms with Crippen molar-refractivity contribution < 1.29 is 0 Å². The van der Waals surface area contributed by atoms with Crippen LogP contribution >= 0.6 is 11.6 Å². The second kappa shape index (κ2) is 3.39. The molecule has 1 saturated carbocycles. The Labute approximate surface area is 88.9 Å². The number of rotatable bonds is 3. The van der Waals surface area contributed by atoms with E-state index in [1.807, 2.05) is 6.07 Å². The number of hydrogen-bond acceptors (Lipinski definition) is 3. The molecule has 0 saturated heterocycles. The zero-order valence-corrected chi connectivity index (χ0v) is 9.17. The van der Waals surface area contributed by atoms with Crippen LogP contribution in [0.2, 0.25) is 5.15 Å². The highest BCUT2D eigenvalue weighted by Gasteiger charge is 2.48. The number of anilines is 1. The summed E-state index contributed by atoms with van der Waals surface area (Å²) in [6, 6.07) is 2.37. The van der Waals surface area contributed by atoms with E-state index in [1.54, 1.807) is 6.20 Å². The molecule has 4 heteroatoms. The van der Waals surface area contributed by atoms with Crippen molar-refractivity contribution in [2.75, 3.05) is 5.32 Å². The number of hydrogen-bond donors (Lipinski definition) is 1. The molecule has 1 fully saturated rings. The zero-order valence-electron chi connectivity index (χ0n) is 8.42. The van der Waals surface area contributed by atoms with Crippen LogP contribution in [0.5, 0.6) is 0 Å². The summed E-state index contributed by atoms with van der Waals surface area (Å²) in [6.45, 7) is 4.51. The Bertz CT molecular complexity index is 342. The van der Waals surface area contributed by atoms with Crippen molar-refractivity contribution in [3.8, 4) is 0 Å². The number of halogens is 1. The maximum atomic E-state index is 5.74. The third-order valence-corrected chi connectivity index (χ3v) is 3.31. The van der Waals surface area contributed by atoms with Gasteiger partial charge in [0.2, 0.25) is 0 Å². The predicted octanol–water partition coefficient (Wildman–Crippen LogP) is 2.73. The SMILES string of the molecule is CCC1(C)CC1Nc1cnnc(Cl)c1. The average Bonchev–Trinajstić information content (AvgIpc) is 2.78. The van der Waals surface area contributed by atoms with Gasteiger partial charge in [-0.15, -0.1) is 5.10 Å². The molecule has 3 nitrogen and oxygen atoms in total. The van der Waals surface area contributed by atoms with Crippen molar-refractivity contribution in [3.05, 3.63) is 17.4 Å². The second-order valence-electron chi connectivity index (χ2n) is 4.18. The maximum absolute atomic E-state index is 5.74. The first-order valence-corrected chi connectivity index (χ1v) is 5.26. The summed E-state index contributed by atoms with van der Waals surface area (Å²) in [5.74, 6) is 0. The fraction of sp³-hybridized carbons (Fsp3) is 0.600. The van der Waals surface area contributed by atoms with E-state index < -0.39 is 0 Å². The summed E-state index contributed by atoms with van der Waals surface area (Å²) < 4.78 is 0. The van der Waals surface area contributed by atoms with Crippen LogP contribution in [0.3, 0.4) is 0 Å². The van der Waals surface area contributed by atoms with Gasteiger partial charge in [-0.2, -0.15) is 5.10 Å². The van der Waals surface area contributed by atoms with E-state index in [0.29, 0.717) is 16.6 Å². The van der Waals surface area contributed by atoms with Crippen LogP contribution in [0.15, 0.2) is 12.3 Å². The van der Waals surface area contributed by atoms with Crippen molar-refractivity contribution in [2.45, 2.75) is 32.7 Å². The number of aromatic nitrogens is 2. The molecule has 0 bridgehead atoms. The summed E-state index contributed by atoms with van der Waals surface area (Å²) in [5, 5.41) is 11.3. The molecule has 1 aliphatic carbocycles. The van der Waals surface area contributed by atoms with Crippen LogP contribution in [-0.4, -0.2) is 16.2 Å². The molecule has 1 aromatic heterocycles. The van der Waals surface area contributed by atoms with Gasteiger partial charge in [-0.05, 0) is 18.3 Å². The Hall–Kier alpha value is -0.830. The first-order valence-electron chi connectivity index (χ1n) is 4.89. The molecule has 0 aliphatic heterocycles. The normalized spacial score (nSPS) is 30.1. The highest BCUT2D eigenvalue weighted by atomic mass is 35.5. The monoisotopic (exact) mass is 211 g/mol. The van der Waals surface area contributed by atoms with Gasteiger partial charge in [-0.25, -0.2) is 0 Å². The van der Waals surface area contributed by atoms with Crippen molar-refractivity contribution in [1.29, 1.82) is 0 Å². The van der Waals surface area contributed by atoms with Gasteiger partial charge in [0.05, 0.1) is 11.9 Å². The van der Waals surface area contributed by atoms with E-state index in [2.05, 4.69) is 29.4 Å². The third kappa shape index (κ3) is 1.82. The van der Waals surface area contributed by atoms with E-state index >= 15 is 0 Å². The Morgan fingerprint density at radius 2 is 2.50 bits per heavy atom. The average molecular weight is 212 g/mol. The lowest BCUT2D eigenvalue weighted by Gasteiger charge is -2.09. The molecule has 76 valence electrons. The molecular formula is C10H14ClN3. The minimum atomic E-state index is 0.439. The number of nitrogens with zero attached hydrogens (tertiary/aromatic N) is 2. The second-order valence-corrected chi connectivity index (χ2v) is 4.56. The van der Waals surface area contributed by atoms with Gasteiger partial charge in [-0.3, -0.25) is 0 Å². The molecule has 0 amide bonds. The Morgan fingerprint density at radius 3 is 3.07 bits per heavy atom. The van der Waals surface area contributed by atoms with Crippen molar-refractivity contribution in [2.24, 2.45) is 5.41 Å². The third-order valence-electron chi connectivity index (χ3n) is 3.12. The van der Waals surface area contributed by atoms with Gasteiger partial charge in [0.15, 0.2) is 5.15 Å². The number of nitrogens with one attached hydrogen (secondary N) is 1. The Kier molecular flexibility index (Phi) is 2.35. The summed E-state index contributed by atoms with van der Waals surface area (Å²) in [5.41, 5.74) is 1.42.